The van der Waals surface area contributed by atoms with E-state index in [4.69, 9.17) is 0 Å². The van der Waals surface area contributed by atoms with Crippen LogP contribution in [-0.4, -0.2) is 9.79 Å². The van der Waals surface area contributed by atoms with Gasteiger partial charge in [0.1, 0.15) is 0 Å². The highest BCUT2D eigenvalue weighted by atomic mass is 31.2. The van der Waals surface area contributed by atoms with Crippen LogP contribution < -0.4 is 5.30 Å². The minimum Gasteiger partial charge on any atom is -0.321 e. The molecule has 0 aliphatic rings. The molecule has 0 aliphatic carbocycles. The van der Waals surface area contributed by atoms with Gasteiger partial charge < -0.3 is 9.79 Å². The van der Waals surface area contributed by atoms with Gasteiger partial charge in [0.15, 0.2) is 0 Å². The van der Waals surface area contributed by atoms with Gasteiger partial charge in [-0.3, -0.25) is 4.57 Å². The van der Waals surface area contributed by atoms with Crippen molar-refractivity contribution in [1.29, 1.82) is 0 Å². The van der Waals surface area contributed by atoms with E-state index in [0.29, 0.717) is 6.42 Å². The predicted octanol–water partition coefficient (Wildman–Crippen LogP) is 9.71. The zero-order valence-electron chi connectivity index (χ0n) is 25.2. The van der Waals surface area contributed by atoms with Crippen molar-refractivity contribution in [3.8, 4) is 22.3 Å². The monoisotopic (exact) mass is 548 g/mol. The van der Waals surface area contributed by atoms with Gasteiger partial charge >= 0.3 is 7.60 Å². The Morgan fingerprint density at radius 3 is 1.64 bits per heavy atom. The third kappa shape index (κ3) is 7.94. The highest BCUT2D eigenvalue weighted by Gasteiger charge is 2.30. The Bertz CT molecular complexity index is 1290. The lowest BCUT2D eigenvalue weighted by Gasteiger charge is -2.29. The molecule has 0 fully saturated rings. The molecule has 0 aromatic heterocycles. The summed E-state index contributed by atoms with van der Waals surface area (Å²) in [4.78, 5) is 21.1. The van der Waals surface area contributed by atoms with E-state index < -0.39 is 7.60 Å². The van der Waals surface area contributed by atoms with Crippen LogP contribution >= 0.6 is 7.60 Å². The van der Waals surface area contributed by atoms with Crippen LogP contribution in [0.4, 0.5) is 0 Å². The van der Waals surface area contributed by atoms with E-state index in [0.717, 1.165) is 47.1 Å². The molecule has 0 heterocycles. The van der Waals surface area contributed by atoms with Crippen LogP contribution in [-0.2, 0) is 21.8 Å². The lowest BCUT2D eigenvalue weighted by molar-refractivity contribution is 0.387. The average molecular weight is 549 g/mol. The molecule has 3 rings (SSSR count). The first-order valence-electron chi connectivity index (χ1n) is 14.7. The minimum absolute atomic E-state index is 0.0853. The maximum Gasteiger partial charge on any atom is 0.356 e. The third-order valence-electron chi connectivity index (χ3n) is 7.66. The molecule has 0 bridgehead atoms. The normalized spacial score (nSPS) is 12.6. The maximum absolute atomic E-state index is 12.9. The highest BCUT2D eigenvalue weighted by molar-refractivity contribution is 7.60. The van der Waals surface area contributed by atoms with Gasteiger partial charge in [-0.2, -0.15) is 0 Å². The van der Waals surface area contributed by atoms with Crippen molar-refractivity contribution in [2.45, 2.75) is 111 Å². The SMILES string of the molecule is CCCCCCCCCc1c(P(=O)(O)O)ccc(-c2ccccc2C(C)(C)C)c1-c1ccccc1C(C)(C)C. The summed E-state index contributed by atoms with van der Waals surface area (Å²) in [6.45, 7) is 15.5. The number of benzene rings is 3. The zero-order valence-corrected chi connectivity index (χ0v) is 26.1. The molecule has 0 aliphatic heterocycles. The molecule has 0 radical (unpaired) electrons. The van der Waals surface area contributed by atoms with Gasteiger partial charge in [0, 0.05) is 0 Å². The first-order chi connectivity index (χ1) is 18.3. The lowest BCUT2D eigenvalue weighted by Crippen LogP contribution is -2.18. The van der Waals surface area contributed by atoms with E-state index in [-0.39, 0.29) is 16.1 Å². The summed E-state index contributed by atoms with van der Waals surface area (Å²) in [5, 5.41) is 0.171. The smallest absolute Gasteiger partial charge is 0.321 e. The van der Waals surface area contributed by atoms with Gasteiger partial charge in [-0.15, -0.1) is 0 Å². The second-order valence-corrected chi connectivity index (χ2v) is 14.6. The van der Waals surface area contributed by atoms with Crippen molar-refractivity contribution in [2.24, 2.45) is 0 Å². The average Bonchev–Trinajstić information content (AvgIpc) is 2.86. The van der Waals surface area contributed by atoms with Gasteiger partial charge in [0.05, 0.1) is 5.30 Å². The summed E-state index contributed by atoms with van der Waals surface area (Å²) in [6, 6.07) is 20.5. The molecule has 212 valence electrons. The quantitative estimate of drug-likeness (QED) is 0.185. The van der Waals surface area contributed by atoms with Crippen molar-refractivity contribution in [2.75, 3.05) is 0 Å². The van der Waals surface area contributed by atoms with Gasteiger partial charge in [-0.25, -0.2) is 0 Å². The number of hydrogen-bond donors (Lipinski definition) is 2. The summed E-state index contributed by atoms with van der Waals surface area (Å²) in [5.41, 5.74) is 7.21. The fourth-order valence-corrected chi connectivity index (χ4v) is 6.52. The first kappa shape index (κ1) is 31.3. The Morgan fingerprint density at radius 1 is 0.615 bits per heavy atom. The fourth-order valence-electron chi connectivity index (χ4n) is 5.68. The molecule has 3 nitrogen and oxygen atoms in total. The summed E-state index contributed by atoms with van der Waals surface area (Å²) >= 11 is 0. The van der Waals surface area contributed by atoms with Crippen LogP contribution in [0.1, 0.15) is 110 Å². The van der Waals surface area contributed by atoms with Crippen LogP contribution in [0, 0.1) is 0 Å². The molecule has 2 N–H and O–H groups in total. The number of unbranched alkanes of at least 4 members (excludes halogenated alkanes) is 6. The molecule has 0 saturated carbocycles. The highest BCUT2D eigenvalue weighted by Crippen LogP contribution is 2.46. The topological polar surface area (TPSA) is 57.5 Å². The maximum atomic E-state index is 12.9. The zero-order chi connectivity index (χ0) is 28.8. The molecular formula is C35H49O3P. The van der Waals surface area contributed by atoms with Crippen LogP contribution in [0.15, 0.2) is 60.7 Å². The Morgan fingerprint density at radius 2 is 1.10 bits per heavy atom. The van der Waals surface area contributed by atoms with Gasteiger partial charge in [0.25, 0.3) is 0 Å². The lowest BCUT2D eigenvalue weighted by atomic mass is 9.76. The summed E-state index contributed by atoms with van der Waals surface area (Å²) in [6.07, 6.45) is 8.75. The van der Waals surface area contributed by atoms with Crippen molar-refractivity contribution >= 4 is 12.9 Å². The second kappa shape index (κ2) is 13.0. The Kier molecular flexibility index (Phi) is 10.4. The molecule has 3 aromatic rings. The molecule has 0 amide bonds. The van der Waals surface area contributed by atoms with E-state index in [2.05, 4.69) is 90.9 Å². The standard InChI is InChI=1S/C35H49O3P/c1-8-9-10-11-12-13-14-21-29-32(39(36,37)38)25-24-27(26-19-15-17-22-30(26)34(2,3)4)33(29)28-20-16-18-23-31(28)35(5,6)7/h15-20,22-25H,8-14,21H2,1-7H3,(H2,36,37,38). The molecule has 0 saturated heterocycles. The van der Waals surface area contributed by atoms with E-state index >= 15 is 0 Å². The molecule has 0 unspecified atom stereocenters. The Hall–Kier alpha value is -2.19. The van der Waals surface area contributed by atoms with Crippen LogP contribution in [0.25, 0.3) is 22.3 Å². The molecule has 39 heavy (non-hydrogen) atoms. The number of hydrogen-bond acceptors (Lipinski definition) is 1. The molecule has 3 aromatic carbocycles. The van der Waals surface area contributed by atoms with Crippen molar-refractivity contribution < 1.29 is 14.4 Å². The largest absolute Gasteiger partial charge is 0.356 e. The van der Waals surface area contributed by atoms with Crippen LogP contribution in [0.2, 0.25) is 0 Å². The van der Waals surface area contributed by atoms with Gasteiger partial charge in [-0.05, 0) is 68.7 Å². The third-order valence-corrected chi connectivity index (χ3v) is 8.71. The summed E-state index contributed by atoms with van der Waals surface area (Å²) in [5.74, 6) is 0. The Labute approximate surface area is 237 Å². The molecule has 0 atom stereocenters. The van der Waals surface area contributed by atoms with E-state index in [1.54, 1.807) is 6.07 Å². The summed E-state index contributed by atoms with van der Waals surface area (Å²) in [7, 11) is -4.49. The van der Waals surface area contributed by atoms with E-state index in [9.17, 15) is 14.4 Å². The first-order valence-corrected chi connectivity index (χ1v) is 16.3. The van der Waals surface area contributed by atoms with E-state index in [1.165, 1.54) is 36.8 Å². The second-order valence-electron chi connectivity index (χ2n) is 13.0. The van der Waals surface area contributed by atoms with Crippen molar-refractivity contribution in [3.05, 3.63) is 77.4 Å². The Balaban J connectivity index is 2.30. The minimum atomic E-state index is -4.49. The molecule has 4 heteroatoms. The van der Waals surface area contributed by atoms with Gasteiger partial charge in [-0.1, -0.05) is 142 Å². The predicted molar refractivity (Wildman–Crippen MR) is 168 cm³/mol. The summed E-state index contributed by atoms with van der Waals surface area (Å²) < 4.78 is 12.9. The molecular weight excluding hydrogens is 499 g/mol. The van der Waals surface area contributed by atoms with Gasteiger partial charge in [0.2, 0.25) is 0 Å². The number of rotatable bonds is 11. The fraction of sp³-hybridized carbons (Fsp3) is 0.486. The van der Waals surface area contributed by atoms with E-state index in [1.807, 2.05) is 12.1 Å². The van der Waals surface area contributed by atoms with Crippen LogP contribution in [0.5, 0.6) is 0 Å². The van der Waals surface area contributed by atoms with Crippen molar-refractivity contribution in [3.63, 3.8) is 0 Å². The molecule has 0 spiro atoms. The van der Waals surface area contributed by atoms with Crippen LogP contribution in [0.3, 0.4) is 0 Å². The van der Waals surface area contributed by atoms with Crippen molar-refractivity contribution in [1.82, 2.24) is 0 Å².